The van der Waals surface area contributed by atoms with Crippen LogP contribution in [0, 0.1) is 10.8 Å². The Kier molecular flexibility index (Phi) is 10.3. The van der Waals surface area contributed by atoms with Crippen molar-refractivity contribution in [2.75, 3.05) is 0 Å². The molecule has 2 rings (SSSR count). The molecule has 0 bridgehead atoms. The fraction of sp³-hybridized carbons (Fsp3) is 0.810. The van der Waals surface area contributed by atoms with Crippen LogP contribution in [0.5, 0.6) is 0 Å². The predicted molar refractivity (Wildman–Crippen MR) is 101 cm³/mol. The highest BCUT2D eigenvalue weighted by Crippen LogP contribution is 2.34. The van der Waals surface area contributed by atoms with E-state index in [1.807, 2.05) is 0 Å². The van der Waals surface area contributed by atoms with Crippen molar-refractivity contribution in [2.24, 2.45) is 10.8 Å². The Hall–Kier alpha value is -0.520. The minimum atomic E-state index is 0. The Morgan fingerprint density at radius 1 is 0.619 bits per heavy atom. The zero-order valence-corrected chi connectivity index (χ0v) is 14.1. The van der Waals surface area contributed by atoms with Crippen LogP contribution in [0.1, 0.15) is 101 Å². The molecule has 0 heteroatoms. The Balaban J connectivity index is 0. The van der Waals surface area contributed by atoms with Gasteiger partial charge in [-0.15, -0.1) is 0 Å². The third-order valence-corrected chi connectivity index (χ3v) is 4.26. The maximum absolute atomic E-state index is 2.43. The maximum atomic E-state index is 2.43. The number of hydrogen-bond acceptors (Lipinski definition) is 0. The Labute approximate surface area is 136 Å². The third-order valence-electron chi connectivity index (χ3n) is 4.26. The molecule has 2 aliphatic rings. The van der Waals surface area contributed by atoms with E-state index >= 15 is 0 Å². The first-order valence-electron chi connectivity index (χ1n) is 8.10. The minimum absolute atomic E-state index is 0. The van der Waals surface area contributed by atoms with Gasteiger partial charge >= 0.3 is 0 Å². The molecule has 0 fully saturated rings. The normalized spacial score (nSPS) is 18.4. The molecule has 0 spiro atoms. The summed E-state index contributed by atoms with van der Waals surface area (Å²) in [7, 11) is 0. The molecule has 0 aromatic rings. The van der Waals surface area contributed by atoms with Gasteiger partial charge in [0.1, 0.15) is 0 Å². The summed E-state index contributed by atoms with van der Waals surface area (Å²) < 4.78 is 0. The summed E-state index contributed by atoms with van der Waals surface area (Å²) in [5, 5.41) is 0. The van der Waals surface area contributed by atoms with Gasteiger partial charge in [-0.25, -0.2) is 0 Å². The number of hydrogen-bond donors (Lipinski definition) is 0. The van der Waals surface area contributed by atoms with Gasteiger partial charge < -0.3 is 0 Å². The van der Waals surface area contributed by atoms with Gasteiger partial charge in [-0.05, 0) is 55.8 Å². The van der Waals surface area contributed by atoms with Gasteiger partial charge in [-0.3, -0.25) is 0 Å². The van der Waals surface area contributed by atoms with E-state index in [0.29, 0.717) is 10.8 Å². The summed E-state index contributed by atoms with van der Waals surface area (Å²) in [5.74, 6) is 0. The molecule has 0 heterocycles. The van der Waals surface area contributed by atoms with E-state index in [-0.39, 0.29) is 14.9 Å². The molecule has 0 aromatic carbocycles. The van der Waals surface area contributed by atoms with Gasteiger partial charge in [0, 0.05) is 0 Å². The lowest BCUT2D eigenvalue weighted by atomic mass is 9.80. The molecular weight excluding hydrogens is 252 g/mol. The van der Waals surface area contributed by atoms with Crippen LogP contribution in [0.2, 0.25) is 0 Å². The first kappa shape index (κ1) is 22.8. The van der Waals surface area contributed by atoms with Crippen molar-refractivity contribution < 1.29 is 0 Å². The van der Waals surface area contributed by atoms with Gasteiger partial charge in [0.2, 0.25) is 0 Å². The predicted octanol–water partition coefficient (Wildman–Crippen LogP) is 7.95. The highest BCUT2D eigenvalue weighted by atomic mass is 14.2. The molecule has 0 amide bonds. The lowest BCUT2D eigenvalue weighted by Gasteiger charge is -2.25. The van der Waals surface area contributed by atoms with Crippen molar-refractivity contribution >= 4 is 0 Å². The van der Waals surface area contributed by atoms with Crippen LogP contribution < -0.4 is 0 Å². The van der Waals surface area contributed by atoms with Crippen LogP contribution in [0.15, 0.2) is 23.3 Å². The van der Waals surface area contributed by atoms with E-state index in [1.54, 1.807) is 11.1 Å². The van der Waals surface area contributed by atoms with Crippen LogP contribution >= 0.6 is 0 Å². The van der Waals surface area contributed by atoms with E-state index in [1.165, 1.54) is 44.9 Å². The second-order valence-corrected chi connectivity index (χ2v) is 8.10. The quantitative estimate of drug-likeness (QED) is 0.398. The third kappa shape index (κ3) is 8.49. The largest absolute Gasteiger partial charge is 0.0848 e. The molecule has 126 valence electrons. The Morgan fingerprint density at radius 3 is 1.24 bits per heavy atom. The van der Waals surface area contributed by atoms with E-state index < -0.39 is 0 Å². The zero-order chi connectivity index (χ0) is 14.5. The molecule has 0 radical (unpaired) electrons. The Morgan fingerprint density at radius 2 is 1.00 bits per heavy atom. The summed E-state index contributed by atoms with van der Waals surface area (Å²) in [4.78, 5) is 0. The lowest BCUT2D eigenvalue weighted by molar-refractivity contribution is 0.460. The monoisotopic (exact) mass is 294 g/mol. The average Bonchev–Trinajstić information content (AvgIpc) is 2.83. The molecule has 0 nitrogen and oxygen atoms in total. The summed E-state index contributed by atoms with van der Waals surface area (Å²) in [5.41, 5.74) is 4.19. The molecule has 0 unspecified atom stereocenters. The Bertz CT molecular complexity index is 328. The lowest BCUT2D eigenvalue weighted by Crippen LogP contribution is -2.11. The highest BCUT2D eigenvalue weighted by molar-refractivity contribution is 5.14. The van der Waals surface area contributed by atoms with Gasteiger partial charge in [0.25, 0.3) is 0 Å². The van der Waals surface area contributed by atoms with Crippen LogP contribution in [0.3, 0.4) is 0 Å². The fourth-order valence-electron chi connectivity index (χ4n) is 2.87. The topological polar surface area (TPSA) is 0 Å². The fourth-order valence-corrected chi connectivity index (χ4v) is 2.87. The molecule has 0 saturated carbocycles. The average molecular weight is 295 g/mol. The first-order valence-corrected chi connectivity index (χ1v) is 8.10. The van der Waals surface area contributed by atoms with Crippen LogP contribution in [-0.4, -0.2) is 0 Å². The van der Waals surface area contributed by atoms with Crippen molar-refractivity contribution in [3.63, 3.8) is 0 Å². The number of rotatable bonds is 0. The van der Waals surface area contributed by atoms with E-state index in [9.17, 15) is 0 Å². The molecule has 21 heavy (non-hydrogen) atoms. The van der Waals surface area contributed by atoms with Gasteiger partial charge in [-0.1, -0.05) is 79.7 Å². The van der Waals surface area contributed by atoms with Crippen LogP contribution in [0.25, 0.3) is 0 Å². The summed E-state index contributed by atoms with van der Waals surface area (Å²) in [6.07, 6.45) is 14.3. The summed E-state index contributed by atoms with van der Waals surface area (Å²) in [6, 6.07) is 0. The molecule has 0 saturated heterocycles. The molecule has 0 N–H and O–H groups in total. The van der Waals surface area contributed by atoms with Gasteiger partial charge in [-0.2, -0.15) is 0 Å². The van der Waals surface area contributed by atoms with E-state index in [0.717, 1.165) is 0 Å². The second-order valence-electron chi connectivity index (χ2n) is 8.10. The van der Waals surface area contributed by atoms with Gasteiger partial charge in [0.05, 0.1) is 0 Å². The van der Waals surface area contributed by atoms with Crippen molar-refractivity contribution in [2.45, 2.75) is 101 Å². The second kappa shape index (κ2) is 9.49. The van der Waals surface area contributed by atoms with E-state index in [4.69, 9.17) is 0 Å². The molecule has 0 atom stereocenters. The molecule has 0 aromatic heterocycles. The molecular formula is C21H42. The zero-order valence-electron chi connectivity index (χ0n) is 14.1. The smallest absolute Gasteiger partial charge is 0.0173 e. The number of allylic oxidation sites excluding steroid dienone is 4. The minimum Gasteiger partial charge on any atom is -0.0848 e. The van der Waals surface area contributed by atoms with Crippen molar-refractivity contribution in [1.29, 1.82) is 0 Å². The van der Waals surface area contributed by atoms with E-state index in [2.05, 4.69) is 53.7 Å². The SMILES string of the molecule is C.C.CC(C)(C)C1=CCCC1.CC(C)(C)C1=CCCCC1. The van der Waals surface area contributed by atoms with Crippen LogP contribution in [-0.2, 0) is 0 Å². The highest BCUT2D eigenvalue weighted by Gasteiger charge is 2.18. The van der Waals surface area contributed by atoms with Crippen molar-refractivity contribution in [3.05, 3.63) is 23.3 Å². The first-order chi connectivity index (χ1) is 8.71. The summed E-state index contributed by atoms with van der Waals surface area (Å²) >= 11 is 0. The van der Waals surface area contributed by atoms with Crippen LogP contribution in [0.4, 0.5) is 0 Å². The molecule has 0 aliphatic heterocycles. The van der Waals surface area contributed by atoms with Crippen molar-refractivity contribution in [1.82, 2.24) is 0 Å². The maximum Gasteiger partial charge on any atom is -0.0173 e. The molecule has 2 aliphatic carbocycles. The standard InChI is InChI=1S/C10H18.C9H16.2CH4/c1-10(2,3)9-7-5-4-6-8-9;1-9(2,3)8-6-4-5-7-8;;/h7H,4-6,8H2,1-3H3;6H,4-5,7H2,1-3H3;2*1H4. The summed E-state index contributed by atoms with van der Waals surface area (Å²) in [6.45, 7) is 13.8. The van der Waals surface area contributed by atoms with Crippen molar-refractivity contribution in [3.8, 4) is 0 Å². The van der Waals surface area contributed by atoms with Gasteiger partial charge in [0.15, 0.2) is 0 Å².